The molecule has 1 aromatic heterocycles. The van der Waals surface area contributed by atoms with E-state index >= 15 is 0 Å². The lowest BCUT2D eigenvalue weighted by Crippen LogP contribution is -2.49. The number of carbonyl (C=O) groups excluding carboxylic acids is 2. The van der Waals surface area contributed by atoms with Crippen molar-refractivity contribution in [1.29, 1.82) is 0 Å². The molecule has 2 amide bonds. The van der Waals surface area contributed by atoms with Gasteiger partial charge in [-0.25, -0.2) is 4.68 Å². The van der Waals surface area contributed by atoms with E-state index < -0.39 is 0 Å². The Balaban J connectivity index is 1.43. The summed E-state index contributed by atoms with van der Waals surface area (Å²) in [5.41, 5.74) is 4.17. The summed E-state index contributed by atoms with van der Waals surface area (Å²) in [7, 11) is 1.87. The number of amides is 2. The highest BCUT2D eigenvalue weighted by atomic mass is 16.2. The van der Waals surface area contributed by atoms with Gasteiger partial charge in [0.1, 0.15) is 0 Å². The molecule has 0 radical (unpaired) electrons. The third-order valence-corrected chi connectivity index (χ3v) is 6.52. The summed E-state index contributed by atoms with van der Waals surface area (Å²) in [6.07, 6.45) is 5.71. The lowest BCUT2D eigenvalue weighted by atomic mass is 9.94. The molecule has 0 unspecified atom stereocenters. The van der Waals surface area contributed by atoms with Crippen molar-refractivity contribution in [2.45, 2.75) is 65.0 Å². The van der Waals surface area contributed by atoms with E-state index in [0.29, 0.717) is 32.0 Å². The van der Waals surface area contributed by atoms with Crippen LogP contribution in [0.2, 0.25) is 0 Å². The SMILES string of the molecule is Cc1cc(C)n(-c2cccc(CN(C)C(=O)[C@H]3CCC(=O)N(C4CCCC4)C3)c2)n1. The zero-order chi connectivity index (χ0) is 21.3. The molecule has 2 fully saturated rings. The van der Waals surface area contributed by atoms with Crippen LogP contribution in [0.4, 0.5) is 0 Å². The highest BCUT2D eigenvalue weighted by Gasteiger charge is 2.36. The summed E-state index contributed by atoms with van der Waals surface area (Å²) in [5.74, 6) is 0.278. The van der Waals surface area contributed by atoms with Crippen LogP contribution < -0.4 is 0 Å². The molecular weight excluding hydrogens is 376 g/mol. The standard InChI is InChI=1S/C24H32N4O2/c1-17-13-18(2)28(25-17)22-10-6-7-19(14-22)15-26(3)24(30)20-11-12-23(29)27(16-20)21-8-4-5-9-21/h6-7,10,13-14,20-21H,4-5,8-9,11-12,15-16H2,1-3H3/t20-/m0/s1. The monoisotopic (exact) mass is 408 g/mol. The minimum absolute atomic E-state index is 0.0903. The molecule has 6 heteroatoms. The van der Waals surface area contributed by atoms with Crippen molar-refractivity contribution in [2.24, 2.45) is 5.92 Å². The maximum atomic E-state index is 13.2. The van der Waals surface area contributed by atoms with Crippen LogP contribution in [0.15, 0.2) is 30.3 Å². The predicted octanol–water partition coefficient (Wildman–Crippen LogP) is 3.63. The van der Waals surface area contributed by atoms with Crippen LogP contribution in [-0.4, -0.2) is 51.0 Å². The topological polar surface area (TPSA) is 58.4 Å². The van der Waals surface area contributed by atoms with Crippen LogP contribution >= 0.6 is 0 Å². The third-order valence-electron chi connectivity index (χ3n) is 6.52. The molecule has 1 aliphatic heterocycles. The molecule has 4 rings (SSSR count). The summed E-state index contributed by atoms with van der Waals surface area (Å²) in [6, 6.07) is 10.6. The molecule has 0 N–H and O–H groups in total. The summed E-state index contributed by atoms with van der Waals surface area (Å²) < 4.78 is 1.94. The first-order chi connectivity index (χ1) is 14.4. The van der Waals surface area contributed by atoms with Gasteiger partial charge in [0, 0.05) is 38.3 Å². The van der Waals surface area contributed by atoms with E-state index in [-0.39, 0.29) is 17.7 Å². The third kappa shape index (κ3) is 4.27. The minimum Gasteiger partial charge on any atom is -0.341 e. The molecule has 2 aliphatic rings. The van der Waals surface area contributed by atoms with Crippen LogP contribution in [0.25, 0.3) is 5.69 Å². The second-order valence-electron chi connectivity index (χ2n) is 8.92. The van der Waals surface area contributed by atoms with Crippen molar-refractivity contribution in [2.75, 3.05) is 13.6 Å². The zero-order valence-electron chi connectivity index (χ0n) is 18.3. The summed E-state index contributed by atoms with van der Waals surface area (Å²) in [6.45, 7) is 5.17. The number of piperidine rings is 1. The second-order valence-corrected chi connectivity index (χ2v) is 8.92. The number of benzene rings is 1. The fraction of sp³-hybridized carbons (Fsp3) is 0.542. The van der Waals surface area contributed by atoms with Crippen molar-refractivity contribution in [3.63, 3.8) is 0 Å². The number of aryl methyl sites for hydroxylation is 2. The Bertz CT molecular complexity index is 929. The summed E-state index contributed by atoms with van der Waals surface area (Å²) in [4.78, 5) is 29.4. The van der Waals surface area contributed by atoms with E-state index in [4.69, 9.17) is 0 Å². The molecule has 1 saturated heterocycles. The second kappa shape index (κ2) is 8.62. The maximum absolute atomic E-state index is 13.2. The Labute approximate surface area is 178 Å². The summed E-state index contributed by atoms with van der Waals surface area (Å²) in [5, 5.41) is 4.56. The molecule has 2 aromatic rings. The van der Waals surface area contributed by atoms with Crippen molar-refractivity contribution in [3.05, 3.63) is 47.3 Å². The summed E-state index contributed by atoms with van der Waals surface area (Å²) >= 11 is 0. The number of rotatable bonds is 5. The molecule has 0 spiro atoms. The number of hydrogen-bond acceptors (Lipinski definition) is 3. The van der Waals surface area contributed by atoms with Gasteiger partial charge in [-0.1, -0.05) is 25.0 Å². The van der Waals surface area contributed by atoms with Gasteiger partial charge in [0.15, 0.2) is 0 Å². The highest BCUT2D eigenvalue weighted by Crippen LogP contribution is 2.29. The van der Waals surface area contributed by atoms with Gasteiger partial charge in [-0.3, -0.25) is 9.59 Å². The molecule has 1 aromatic carbocycles. The first-order valence-corrected chi connectivity index (χ1v) is 11.1. The molecule has 6 nitrogen and oxygen atoms in total. The first-order valence-electron chi connectivity index (χ1n) is 11.1. The van der Waals surface area contributed by atoms with Crippen LogP contribution in [0, 0.1) is 19.8 Å². The van der Waals surface area contributed by atoms with Gasteiger partial charge < -0.3 is 9.80 Å². The Kier molecular flexibility index (Phi) is 5.93. The highest BCUT2D eigenvalue weighted by molar-refractivity contribution is 5.84. The molecule has 2 heterocycles. The van der Waals surface area contributed by atoms with E-state index in [9.17, 15) is 9.59 Å². The Morgan fingerprint density at radius 3 is 2.63 bits per heavy atom. The van der Waals surface area contributed by atoms with Crippen molar-refractivity contribution >= 4 is 11.8 Å². The average molecular weight is 409 g/mol. The van der Waals surface area contributed by atoms with Gasteiger partial charge >= 0.3 is 0 Å². The molecule has 160 valence electrons. The van der Waals surface area contributed by atoms with Crippen molar-refractivity contribution in [1.82, 2.24) is 19.6 Å². The largest absolute Gasteiger partial charge is 0.341 e. The van der Waals surface area contributed by atoms with Crippen molar-refractivity contribution in [3.8, 4) is 5.69 Å². The van der Waals surface area contributed by atoms with E-state index in [1.165, 1.54) is 12.8 Å². The predicted molar refractivity (Wildman–Crippen MR) is 116 cm³/mol. The quantitative estimate of drug-likeness (QED) is 0.759. The lowest BCUT2D eigenvalue weighted by Gasteiger charge is -2.37. The molecule has 30 heavy (non-hydrogen) atoms. The first kappa shape index (κ1) is 20.6. The zero-order valence-corrected chi connectivity index (χ0v) is 18.3. The van der Waals surface area contributed by atoms with Gasteiger partial charge in [0.25, 0.3) is 0 Å². The average Bonchev–Trinajstić information content (AvgIpc) is 3.37. The molecule has 1 saturated carbocycles. The number of nitrogens with zero attached hydrogens (tertiary/aromatic N) is 4. The van der Waals surface area contributed by atoms with Crippen LogP contribution in [0.5, 0.6) is 0 Å². The van der Waals surface area contributed by atoms with Gasteiger partial charge in [-0.05, 0) is 56.9 Å². The maximum Gasteiger partial charge on any atom is 0.227 e. The van der Waals surface area contributed by atoms with E-state index in [1.54, 1.807) is 0 Å². The lowest BCUT2D eigenvalue weighted by molar-refractivity contribution is -0.144. The van der Waals surface area contributed by atoms with E-state index in [1.807, 2.05) is 53.6 Å². The Hall–Kier alpha value is -2.63. The fourth-order valence-electron chi connectivity index (χ4n) is 4.98. The van der Waals surface area contributed by atoms with E-state index in [2.05, 4.69) is 17.2 Å². The van der Waals surface area contributed by atoms with Gasteiger partial charge in [0.05, 0.1) is 17.3 Å². The Morgan fingerprint density at radius 2 is 1.93 bits per heavy atom. The molecular formula is C24H32N4O2. The fourth-order valence-corrected chi connectivity index (χ4v) is 4.98. The van der Waals surface area contributed by atoms with Crippen LogP contribution in [0.1, 0.15) is 55.5 Å². The van der Waals surface area contributed by atoms with Gasteiger partial charge in [-0.15, -0.1) is 0 Å². The number of carbonyl (C=O) groups is 2. The number of aromatic nitrogens is 2. The smallest absolute Gasteiger partial charge is 0.227 e. The van der Waals surface area contributed by atoms with Gasteiger partial charge in [0.2, 0.25) is 11.8 Å². The van der Waals surface area contributed by atoms with E-state index in [0.717, 1.165) is 35.5 Å². The number of hydrogen-bond donors (Lipinski definition) is 0. The van der Waals surface area contributed by atoms with Crippen LogP contribution in [-0.2, 0) is 16.1 Å². The molecule has 0 bridgehead atoms. The molecule has 1 aliphatic carbocycles. The van der Waals surface area contributed by atoms with Crippen molar-refractivity contribution < 1.29 is 9.59 Å². The normalized spacial score (nSPS) is 20.0. The van der Waals surface area contributed by atoms with Gasteiger partial charge in [-0.2, -0.15) is 5.10 Å². The number of likely N-dealkylation sites (tertiary alicyclic amines) is 1. The van der Waals surface area contributed by atoms with Crippen LogP contribution in [0.3, 0.4) is 0 Å². The molecule has 1 atom stereocenters. The Morgan fingerprint density at radius 1 is 1.17 bits per heavy atom. The minimum atomic E-state index is -0.0903.